The summed E-state index contributed by atoms with van der Waals surface area (Å²) in [5.74, 6) is 2.00. The second kappa shape index (κ2) is 6.00. The Morgan fingerprint density at radius 2 is 1.30 bits per heavy atom. The second-order valence-electron chi connectivity index (χ2n) is 9.73. The molecule has 3 nitrogen and oxygen atoms in total. The number of rotatable bonds is 3. The van der Waals surface area contributed by atoms with Gasteiger partial charge >= 0.3 is 0 Å². The molecule has 3 saturated heterocycles. The van der Waals surface area contributed by atoms with Gasteiger partial charge in [-0.05, 0) is 83.7 Å². The molecule has 0 aromatic heterocycles. The van der Waals surface area contributed by atoms with E-state index in [9.17, 15) is 0 Å². The Morgan fingerprint density at radius 1 is 0.783 bits per heavy atom. The minimum atomic E-state index is 0.701. The minimum absolute atomic E-state index is 0.701. The van der Waals surface area contributed by atoms with Crippen molar-refractivity contribution in [2.75, 3.05) is 39.3 Å². The smallest absolute Gasteiger partial charge is 0.0102 e. The molecule has 23 heavy (non-hydrogen) atoms. The van der Waals surface area contributed by atoms with Crippen LogP contribution in [-0.2, 0) is 0 Å². The average Bonchev–Trinajstić information content (AvgIpc) is 3.03. The number of likely N-dealkylation sites (tertiary alicyclic amines) is 3. The molecule has 0 bridgehead atoms. The zero-order valence-corrected chi connectivity index (χ0v) is 15.8. The zero-order chi connectivity index (χ0) is 16.2. The monoisotopic (exact) mass is 319 g/mol. The highest BCUT2D eigenvalue weighted by molar-refractivity contribution is 5.04. The molecule has 3 heterocycles. The minimum Gasteiger partial charge on any atom is -0.301 e. The first-order valence-electron chi connectivity index (χ1n) is 10.2. The van der Waals surface area contributed by atoms with Crippen LogP contribution in [0.1, 0.15) is 53.4 Å². The van der Waals surface area contributed by atoms with Gasteiger partial charge in [-0.3, -0.25) is 4.90 Å². The normalized spacial score (nSPS) is 38.6. The molecule has 3 heteroatoms. The van der Waals surface area contributed by atoms with Gasteiger partial charge < -0.3 is 9.80 Å². The van der Waals surface area contributed by atoms with Gasteiger partial charge in [-0.2, -0.15) is 0 Å². The molecule has 4 fully saturated rings. The maximum absolute atomic E-state index is 2.86. The lowest BCUT2D eigenvalue weighted by Crippen LogP contribution is -2.63. The van der Waals surface area contributed by atoms with E-state index in [1.165, 1.54) is 65.0 Å². The first-order chi connectivity index (χ1) is 11.0. The predicted molar refractivity (Wildman–Crippen MR) is 96.7 cm³/mol. The third-order valence-electron chi connectivity index (χ3n) is 7.67. The summed E-state index contributed by atoms with van der Waals surface area (Å²) in [6.07, 6.45) is 5.87. The van der Waals surface area contributed by atoms with Crippen LogP contribution in [0.4, 0.5) is 0 Å². The van der Waals surface area contributed by atoms with Crippen LogP contribution in [0, 0.1) is 17.3 Å². The first-order valence-corrected chi connectivity index (χ1v) is 10.2. The molecule has 3 aliphatic heterocycles. The molecule has 132 valence electrons. The SMILES string of the molecule is CC(C)N1CCC2(CC1)CN(C1CC3CN(C(C)C)CC3C1)C2. The molecule has 4 aliphatic rings. The van der Waals surface area contributed by atoms with E-state index >= 15 is 0 Å². The van der Waals surface area contributed by atoms with Crippen molar-refractivity contribution < 1.29 is 0 Å². The Hall–Kier alpha value is -0.120. The molecule has 1 aliphatic carbocycles. The van der Waals surface area contributed by atoms with E-state index in [1.54, 1.807) is 0 Å². The molecule has 2 unspecified atom stereocenters. The molecule has 1 saturated carbocycles. The van der Waals surface area contributed by atoms with Crippen molar-refractivity contribution in [2.45, 2.75) is 71.5 Å². The van der Waals surface area contributed by atoms with Crippen molar-refractivity contribution in [3.8, 4) is 0 Å². The summed E-state index contributed by atoms with van der Waals surface area (Å²) in [6.45, 7) is 17.7. The topological polar surface area (TPSA) is 9.72 Å². The fraction of sp³-hybridized carbons (Fsp3) is 1.00. The summed E-state index contributed by atoms with van der Waals surface area (Å²) >= 11 is 0. The summed E-state index contributed by atoms with van der Waals surface area (Å²) in [7, 11) is 0. The molecule has 2 atom stereocenters. The maximum Gasteiger partial charge on any atom is 0.0102 e. The Kier molecular flexibility index (Phi) is 4.26. The lowest BCUT2D eigenvalue weighted by Gasteiger charge is -2.56. The molecule has 0 radical (unpaired) electrons. The summed E-state index contributed by atoms with van der Waals surface area (Å²) in [6, 6.07) is 2.41. The molecular formula is C20H37N3. The zero-order valence-electron chi connectivity index (χ0n) is 15.8. The van der Waals surface area contributed by atoms with Gasteiger partial charge in [0.15, 0.2) is 0 Å². The molecular weight excluding hydrogens is 282 g/mol. The third kappa shape index (κ3) is 2.98. The standard InChI is InChI=1S/C20H37N3/c1-15(2)21-7-5-20(6-8-21)13-23(14-20)19-9-17-11-22(16(3)4)12-18(17)10-19/h15-19H,5-14H2,1-4H3. The first kappa shape index (κ1) is 16.4. The van der Waals surface area contributed by atoms with E-state index in [4.69, 9.17) is 0 Å². The van der Waals surface area contributed by atoms with Crippen molar-refractivity contribution in [3.05, 3.63) is 0 Å². The van der Waals surface area contributed by atoms with Crippen molar-refractivity contribution in [3.63, 3.8) is 0 Å². The van der Waals surface area contributed by atoms with E-state index in [0.717, 1.165) is 30.0 Å². The molecule has 0 aromatic rings. The van der Waals surface area contributed by atoms with Crippen LogP contribution < -0.4 is 0 Å². The Labute approximate surface area is 143 Å². The summed E-state index contributed by atoms with van der Waals surface area (Å²) < 4.78 is 0. The van der Waals surface area contributed by atoms with Crippen LogP contribution in [0.25, 0.3) is 0 Å². The number of nitrogens with zero attached hydrogens (tertiary/aromatic N) is 3. The van der Waals surface area contributed by atoms with Gasteiger partial charge in [-0.25, -0.2) is 0 Å². The van der Waals surface area contributed by atoms with Crippen LogP contribution >= 0.6 is 0 Å². The van der Waals surface area contributed by atoms with E-state index in [-0.39, 0.29) is 0 Å². The number of fused-ring (bicyclic) bond motifs is 1. The molecule has 0 amide bonds. The number of hydrogen-bond donors (Lipinski definition) is 0. The van der Waals surface area contributed by atoms with Crippen LogP contribution in [0.5, 0.6) is 0 Å². The maximum atomic E-state index is 2.86. The Balaban J connectivity index is 1.25. The summed E-state index contributed by atoms with van der Waals surface area (Å²) in [4.78, 5) is 8.25. The van der Waals surface area contributed by atoms with E-state index in [0.29, 0.717) is 5.41 Å². The highest BCUT2D eigenvalue weighted by atomic mass is 15.3. The number of hydrogen-bond acceptors (Lipinski definition) is 3. The van der Waals surface area contributed by atoms with Gasteiger partial charge in [0.2, 0.25) is 0 Å². The van der Waals surface area contributed by atoms with Crippen molar-refractivity contribution in [2.24, 2.45) is 17.3 Å². The fourth-order valence-corrected chi connectivity index (χ4v) is 5.93. The van der Waals surface area contributed by atoms with Crippen molar-refractivity contribution >= 4 is 0 Å². The van der Waals surface area contributed by atoms with Gasteiger partial charge in [0.25, 0.3) is 0 Å². The third-order valence-corrected chi connectivity index (χ3v) is 7.67. The van der Waals surface area contributed by atoms with Gasteiger partial charge in [0.1, 0.15) is 0 Å². The molecule has 0 aromatic carbocycles. The van der Waals surface area contributed by atoms with Crippen molar-refractivity contribution in [1.29, 1.82) is 0 Å². The quantitative estimate of drug-likeness (QED) is 0.792. The Morgan fingerprint density at radius 3 is 1.78 bits per heavy atom. The van der Waals surface area contributed by atoms with Gasteiger partial charge in [-0.1, -0.05) is 0 Å². The highest BCUT2D eigenvalue weighted by Gasteiger charge is 2.50. The number of piperidine rings is 1. The summed E-state index contributed by atoms with van der Waals surface area (Å²) in [5, 5.41) is 0. The fourth-order valence-electron chi connectivity index (χ4n) is 5.93. The van der Waals surface area contributed by atoms with Crippen LogP contribution in [0.3, 0.4) is 0 Å². The second-order valence-corrected chi connectivity index (χ2v) is 9.73. The van der Waals surface area contributed by atoms with E-state index in [1.807, 2.05) is 0 Å². The Bertz CT molecular complexity index is 403. The van der Waals surface area contributed by atoms with Gasteiger partial charge in [-0.15, -0.1) is 0 Å². The predicted octanol–water partition coefficient (Wildman–Crippen LogP) is 2.91. The van der Waals surface area contributed by atoms with Crippen LogP contribution in [0.2, 0.25) is 0 Å². The summed E-state index contributed by atoms with van der Waals surface area (Å²) in [5.41, 5.74) is 0.701. The molecule has 4 rings (SSSR count). The van der Waals surface area contributed by atoms with E-state index < -0.39 is 0 Å². The van der Waals surface area contributed by atoms with Crippen LogP contribution in [-0.4, -0.2) is 72.1 Å². The lowest BCUT2D eigenvalue weighted by atomic mass is 9.71. The van der Waals surface area contributed by atoms with Gasteiger partial charge in [0, 0.05) is 44.3 Å². The average molecular weight is 320 g/mol. The van der Waals surface area contributed by atoms with Crippen molar-refractivity contribution in [1.82, 2.24) is 14.7 Å². The molecule has 0 N–H and O–H groups in total. The van der Waals surface area contributed by atoms with Gasteiger partial charge in [0.05, 0.1) is 0 Å². The molecule has 1 spiro atoms. The largest absolute Gasteiger partial charge is 0.301 e. The lowest BCUT2D eigenvalue weighted by molar-refractivity contribution is -0.0734. The van der Waals surface area contributed by atoms with Crippen LogP contribution in [0.15, 0.2) is 0 Å². The highest BCUT2D eigenvalue weighted by Crippen LogP contribution is 2.47. The van der Waals surface area contributed by atoms with E-state index in [2.05, 4.69) is 42.4 Å².